The van der Waals surface area contributed by atoms with Crippen molar-refractivity contribution in [1.29, 1.82) is 0 Å². The van der Waals surface area contributed by atoms with Gasteiger partial charge in [-0.05, 0) is 17.0 Å². The van der Waals surface area contributed by atoms with E-state index in [1.807, 2.05) is 18.2 Å². The van der Waals surface area contributed by atoms with Gasteiger partial charge in [-0.25, -0.2) is 0 Å². The molecule has 0 aliphatic heterocycles. The van der Waals surface area contributed by atoms with Gasteiger partial charge in [0.15, 0.2) is 0 Å². The number of rotatable bonds is 2. The summed E-state index contributed by atoms with van der Waals surface area (Å²) in [5, 5.41) is 1.98. The van der Waals surface area contributed by atoms with Crippen molar-refractivity contribution in [3.63, 3.8) is 0 Å². The fourth-order valence-corrected chi connectivity index (χ4v) is 3.85. The van der Waals surface area contributed by atoms with Crippen molar-refractivity contribution >= 4 is 56.3 Å². The third-order valence-corrected chi connectivity index (χ3v) is 4.17. The summed E-state index contributed by atoms with van der Waals surface area (Å²) in [6.45, 7) is 0. The molecule has 0 aliphatic carbocycles. The molecule has 0 bridgehead atoms. The minimum absolute atomic E-state index is 0.716. The third-order valence-electron chi connectivity index (χ3n) is 2.07. The van der Waals surface area contributed by atoms with Gasteiger partial charge in [-0.2, -0.15) is 0 Å². The zero-order valence-electron chi connectivity index (χ0n) is 7.16. The van der Waals surface area contributed by atoms with Crippen molar-refractivity contribution < 1.29 is 4.79 Å². The Morgan fingerprint density at radius 3 is 2.93 bits per heavy atom. The number of hydrogen-bond acceptors (Lipinski definition) is 3. The molecule has 14 heavy (non-hydrogen) atoms. The number of aldehydes is 1. The van der Waals surface area contributed by atoms with Crippen LogP contribution in [0, 0.1) is 0 Å². The van der Waals surface area contributed by atoms with Gasteiger partial charge < -0.3 is 0 Å². The van der Waals surface area contributed by atoms with Crippen molar-refractivity contribution in [2.24, 2.45) is 0 Å². The molecule has 0 saturated heterocycles. The average Bonchev–Trinajstić information content (AvgIpc) is 2.51. The summed E-state index contributed by atoms with van der Waals surface area (Å²) in [6, 6.07) is 5.71. The van der Waals surface area contributed by atoms with Crippen LogP contribution in [0.25, 0.3) is 10.1 Å². The molecule has 0 radical (unpaired) electrons. The Labute approximate surface area is 99.7 Å². The molecule has 4 heteroatoms. The fourth-order valence-electron chi connectivity index (χ4n) is 1.36. The zero-order chi connectivity index (χ0) is 10.1. The van der Waals surface area contributed by atoms with Crippen molar-refractivity contribution in [3.05, 3.63) is 29.3 Å². The van der Waals surface area contributed by atoms with E-state index in [-0.39, 0.29) is 0 Å². The Balaban J connectivity index is 2.74. The quantitative estimate of drug-likeness (QED) is 0.503. The highest BCUT2D eigenvalue weighted by Crippen LogP contribution is 2.35. The first-order valence-electron chi connectivity index (χ1n) is 4.02. The molecule has 1 aromatic carbocycles. The van der Waals surface area contributed by atoms with Crippen molar-refractivity contribution in [2.75, 3.05) is 0 Å². The lowest BCUT2D eigenvalue weighted by molar-refractivity contribution is 0.112. The molecule has 2 aromatic rings. The molecule has 72 valence electrons. The number of fused-ring (bicyclic) bond motifs is 1. The van der Waals surface area contributed by atoms with Gasteiger partial charge in [0.1, 0.15) is 6.29 Å². The summed E-state index contributed by atoms with van der Waals surface area (Å²) in [5.74, 6) is 0. The second-order valence-corrected chi connectivity index (χ2v) is 5.26. The van der Waals surface area contributed by atoms with Crippen LogP contribution in [0.1, 0.15) is 15.9 Å². The Hall–Kier alpha value is -0.320. The lowest BCUT2D eigenvalue weighted by Gasteiger charge is -1.94. The minimum atomic E-state index is 0.716. The highest BCUT2D eigenvalue weighted by Gasteiger charge is 2.08. The van der Waals surface area contributed by atoms with Gasteiger partial charge in [-0.3, -0.25) is 4.79 Å². The van der Waals surface area contributed by atoms with Crippen LogP contribution in [0.15, 0.2) is 22.4 Å². The van der Waals surface area contributed by atoms with Crippen LogP contribution in [0.2, 0.25) is 0 Å². The lowest BCUT2D eigenvalue weighted by Crippen LogP contribution is -1.78. The molecule has 0 fully saturated rings. The van der Waals surface area contributed by atoms with Crippen molar-refractivity contribution in [1.82, 2.24) is 0 Å². The van der Waals surface area contributed by atoms with Gasteiger partial charge in [0.05, 0.1) is 4.21 Å². The number of alkyl halides is 1. The minimum Gasteiger partial charge on any atom is -0.298 e. The molecule has 0 aliphatic rings. The molecule has 2 rings (SSSR count). The van der Waals surface area contributed by atoms with E-state index in [1.54, 1.807) is 11.3 Å². The summed E-state index contributed by atoms with van der Waals surface area (Å²) >= 11 is 9.44. The third kappa shape index (κ3) is 1.62. The summed E-state index contributed by atoms with van der Waals surface area (Å²) in [4.78, 5) is 10.6. The average molecular weight is 287 g/mol. The maximum absolute atomic E-state index is 10.6. The first-order chi connectivity index (χ1) is 6.76. The van der Waals surface area contributed by atoms with Gasteiger partial charge in [-0.1, -0.05) is 28.1 Å². The molecule has 0 amide bonds. The summed E-state index contributed by atoms with van der Waals surface area (Å²) < 4.78 is 2.13. The van der Waals surface area contributed by atoms with Crippen LogP contribution in [-0.2, 0) is 5.33 Å². The summed E-state index contributed by atoms with van der Waals surface area (Å²) in [7, 11) is 0. The first-order valence-corrected chi connectivity index (χ1v) is 6.40. The van der Waals surface area contributed by atoms with Gasteiger partial charge in [0, 0.05) is 15.6 Å². The highest BCUT2D eigenvalue weighted by molar-refractivity contribution is 9.08. The predicted molar refractivity (Wildman–Crippen MR) is 67.1 cm³/mol. The normalized spacial score (nSPS) is 10.7. The number of thiophene rings is 1. The molecule has 0 spiro atoms. The number of halogens is 1. The van der Waals surface area contributed by atoms with Gasteiger partial charge in [-0.15, -0.1) is 24.0 Å². The maximum Gasteiger partial charge on any atom is 0.150 e. The van der Waals surface area contributed by atoms with Crippen LogP contribution >= 0.6 is 39.9 Å². The van der Waals surface area contributed by atoms with Crippen LogP contribution < -0.4 is 0 Å². The fraction of sp³-hybridized carbons (Fsp3) is 0.100. The second-order valence-electron chi connectivity index (χ2n) is 2.89. The molecule has 0 atom stereocenters. The smallest absolute Gasteiger partial charge is 0.150 e. The van der Waals surface area contributed by atoms with Crippen LogP contribution in [0.4, 0.5) is 0 Å². The molecule has 1 nitrogen and oxygen atoms in total. The molecule has 0 saturated carbocycles. The number of carbonyl (C=O) groups is 1. The van der Waals surface area contributed by atoms with E-state index < -0.39 is 0 Å². The number of benzene rings is 1. The maximum atomic E-state index is 10.6. The molecular formula is C10H7BrOS2. The topological polar surface area (TPSA) is 17.1 Å². The lowest BCUT2D eigenvalue weighted by atomic mass is 10.1. The van der Waals surface area contributed by atoms with E-state index in [1.165, 1.54) is 10.9 Å². The number of thiol groups is 1. The van der Waals surface area contributed by atoms with Gasteiger partial charge >= 0.3 is 0 Å². The Kier molecular flexibility index (Phi) is 2.95. The van der Waals surface area contributed by atoms with E-state index in [0.717, 1.165) is 20.5 Å². The monoisotopic (exact) mass is 286 g/mol. The van der Waals surface area contributed by atoms with Crippen LogP contribution in [0.5, 0.6) is 0 Å². The molecule has 1 aromatic heterocycles. The SMILES string of the molecule is O=Cc1ccc2c(CBr)c(S)sc2c1. The van der Waals surface area contributed by atoms with E-state index in [2.05, 4.69) is 28.6 Å². The molecule has 1 heterocycles. The first kappa shape index (κ1) is 10.2. The van der Waals surface area contributed by atoms with E-state index >= 15 is 0 Å². The Bertz CT molecular complexity index is 490. The summed E-state index contributed by atoms with van der Waals surface area (Å²) in [6.07, 6.45) is 0.866. The van der Waals surface area contributed by atoms with Crippen LogP contribution in [-0.4, -0.2) is 6.29 Å². The Morgan fingerprint density at radius 2 is 2.29 bits per heavy atom. The zero-order valence-corrected chi connectivity index (χ0v) is 10.5. The van der Waals surface area contributed by atoms with Crippen molar-refractivity contribution in [3.8, 4) is 0 Å². The number of hydrogen-bond donors (Lipinski definition) is 1. The highest BCUT2D eigenvalue weighted by atomic mass is 79.9. The summed E-state index contributed by atoms with van der Waals surface area (Å²) in [5.41, 5.74) is 1.92. The largest absolute Gasteiger partial charge is 0.298 e. The van der Waals surface area contributed by atoms with E-state index in [0.29, 0.717) is 5.56 Å². The molecule has 0 unspecified atom stereocenters. The Morgan fingerprint density at radius 1 is 1.50 bits per heavy atom. The van der Waals surface area contributed by atoms with Crippen molar-refractivity contribution in [2.45, 2.75) is 9.54 Å². The van der Waals surface area contributed by atoms with E-state index in [4.69, 9.17) is 0 Å². The number of carbonyl (C=O) groups excluding carboxylic acids is 1. The van der Waals surface area contributed by atoms with E-state index in [9.17, 15) is 4.79 Å². The second kappa shape index (κ2) is 4.04. The molecule has 0 N–H and O–H groups in total. The van der Waals surface area contributed by atoms with Gasteiger partial charge in [0.2, 0.25) is 0 Å². The molecular weight excluding hydrogens is 280 g/mol. The van der Waals surface area contributed by atoms with Crippen LogP contribution in [0.3, 0.4) is 0 Å². The predicted octanol–water partition coefficient (Wildman–Crippen LogP) is 3.90. The standard InChI is InChI=1S/C10H7BrOS2/c11-4-8-7-2-1-6(5-12)3-9(7)14-10(8)13/h1-3,5,13H,4H2. The van der Waals surface area contributed by atoms with Gasteiger partial charge in [0.25, 0.3) is 0 Å².